The molecule has 0 bridgehead atoms. The van der Waals surface area contributed by atoms with Gasteiger partial charge in [0.2, 0.25) is 0 Å². The molecule has 2 unspecified atom stereocenters. The van der Waals surface area contributed by atoms with E-state index in [4.69, 9.17) is 9.47 Å². The van der Waals surface area contributed by atoms with Gasteiger partial charge in [0, 0.05) is 32.9 Å². The molecule has 2 aliphatic rings. The van der Waals surface area contributed by atoms with Crippen LogP contribution in [0.3, 0.4) is 0 Å². The van der Waals surface area contributed by atoms with E-state index in [0.29, 0.717) is 25.7 Å². The standard InChI is InChI=1S/C19H25F2NO3/c1-24-18(17-14(20)5-4-6-15(17)21)19(23)22-10-3-2-7-16(22)13-8-11-25-12-9-13/h4-6,13,16,18H,2-3,7-12H2,1H3. The molecule has 0 saturated carbocycles. The molecule has 2 fully saturated rings. The van der Waals surface area contributed by atoms with Gasteiger partial charge >= 0.3 is 0 Å². The molecule has 1 amide bonds. The third-order valence-electron chi connectivity index (χ3n) is 5.36. The minimum atomic E-state index is -1.25. The second-order valence-electron chi connectivity index (χ2n) is 6.80. The fourth-order valence-corrected chi connectivity index (χ4v) is 4.08. The third-order valence-corrected chi connectivity index (χ3v) is 5.36. The Morgan fingerprint density at radius 1 is 1.20 bits per heavy atom. The molecule has 0 radical (unpaired) electrons. The van der Waals surface area contributed by atoms with Gasteiger partial charge in [0.15, 0.2) is 6.10 Å². The molecule has 4 nitrogen and oxygen atoms in total. The van der Waals surface area contributed by atoms with E-state index in [1.165, 1.54) is 13.2 Å². The number of amides is 1. The van der Waals surface area contributed by atoms with Crippen molar-refractivity contribution < 1.29 is 23.0 Å². The van der Waals surface area contributed by atoms with Crippen LogP contribution in [0.1, 0.15) is 43.8 Å². The predicted octanol–water partition coefficient (Wildman–Crippen LogP) is 3.46. The van der Waals surface area contributed by atoms with Crippen molar-refractivity contribution in [3.05, 3.63) is 35.4 Å². The van der Waals surface area contributed by atoms with Crippen molar-refractivity contribution in [2.24, 2.45) is 5.92 Å². The molecular formula is C19H25F2NO3. The first-order valence-corrected chi connectivity index (χ1v) is 8.98. The normalized spacial score (nSPS) is 23.5. The summed E-state index contributed by atoms with van der Waals surface area (Å²) in [4.78, 5) is 14.9. The van der Waals surface area contributed by atoms with Crippen LogP contribution in [0.15, 0.2) is 18.2 Å². The Kier molecular flexibility index (Phi) is 6.02. The maximum Gasteiger partial charge on any atom is 0.256 e. The Morgan fingerprint density at radius 3 is 2.52 bits per heavy atom. The molecule has 1 aromatic carbocycles. The summed E-state index contributed by atoms with van der Waals surface area (Å²) in [6.07, 6.45) is 3.48. The van der Waals surface area contributed by atoms with Gasteiger partial charge in [-0.15, -0.1) is 0 Å². The van der Waals surface area contributed by atoms with Gasteiger partial charge in [-0.2, -0.15) is 0 Å². The highest BCUT2D eigenvalue weighted by atomic mass is 19.1. The van der Waals surface area contributed by atoms with E-state index in [-0.39, 0.29) is 17.5 Å². The van der Waals surface area contributed by atoms with Crippen LogP contribution in [-0.4, -0.2) is 43.7 Å². The number of ether oxygens (including phenoxy) is 2. The highest BCUT2D eigenvalue weighted by Gasteiger charge is 2.38. The fraction of sp³-hybridized carbons (Fsp3) is 0.632. The number of piperidine rings is 1. The SMILES string of the molecule is COC(C(=O)N1CCCCC1C1CCOCC1)c1c(F)cccc1F. The summed E-state index contributed by atoms with van der Waals surface area (Å²) in [5.74, 6) is -1.47. The molecule has 6 heteroatoms. The summed E-state index contributed by atoms with van der Waals surface area (Å²) in [5, 5.41) is 0. The van der Waals surface area contributed by atoms with E-state index in [0.717, 1.165) is 44.2 Å². The number of carbonyl (C=O) groups is 1. The Balaban J connectivity index is 1.85. The molecule has 2 aliphatic heterocycles. The number of likely N-dealkylation sites (tertiary alicyclic amines) is 1. The molecule has 3 rings (SSSR count). The second-order valence-corrected chi connectivity index (χ2v) is 6.80. The lowest BCUT2D eigenvalue weighted by Crippen LogP contribution is -2.50. The number of hydrogen-bond donors (Lipinski definition) is 0. The van der Waals surface area contributed by atoms with Crippen LogP contribution >= 0.6 is 0 Å². The van der Waals surface area contributed by atoms with Crippen molar-refractivity contribution in [3.63, 3.8) is 0 Å². The number of nitrogens with zero attached hydrogens (tertiary/aromatic N) is 1. The van der Waals surface area contributed by atoms with E-state index in [1.807, 2.05) is 0 Å². The second kappa shape index (κ2) is 8.23. The predicted molar refractivity (Wildman–Crippen MR) is 89.0 cm³/mol. The van der Waals surface area contributed by atoms with E-state index in [1.54, 1.807) is 4.90 Å². The summed E-state index contributed by atoms with van der Waals surface area (Å²) in [5.41, 5.74) is -0.300. The average molecular weight is 353 g/mol. The Bertz CT molecular complexity index is 584. The van der Waals surface area contributed by atoms with Gasteiger partial charge in [-0.25, -0.2) is 8.78 Å². The fourth-order valence-electron chi connectivity index (χ4n) is 4.08. The Morgan fingerprint density at radius 2 is 1.88 bits per heavy atom. The topological polar surface area (TPSA) is 38.8 Å². The molecule has 0 spiro atoms. The lowest BCUT2D eigenvalue weighted by atomic mass is 9.84. The van der Waals surface area contributed by atoms with Crippen molar-refractivity contribution in [2.75, 3.05) is 26.9 Å². The number of rotatable bonds is 4. The van der Waals surface area contributed by atoms with E-state index < -0.39 is 17.7 Å². The molecule has 2 heterocycles. The first-order chi connectivity index (χ1) is 12.1. The quantitative estimate of drug-likeness (QED) is 0.832. The van der Waals surface area contributed by atoms with E-state index in [9.17, 15) is 13.6 Å². The number of benzene rings is 1. The van der Waals surface area contributed by atoms with Crippen LogP contribution in [-0.2, 0) is 14.3 Å². The van der Waals surface area contributed by atoms with Crippen LogP contribution in [0.2, 0.25) is 0 Å². The van der Waals surface area contributed by atoms with Gasteiger partial charge in [-0.1, -0.05) is 6.07 Å². The minimum absolute atomic E-state index is 0.0950. The van der Waals surface area contributed by atoms with E-state index in [2.05, 4.69) is 0 Å². The Labute approximate surface area is 147 Å². The number of halogens is 2. The lowest BCUT2D eigenvalue weighted by molar-refractivity contribution is -0.149. The lowest BCUT2D eigenvalue weighted by Gasteiger charge is -2.43. The van der Waals surface area contributed by atoms with Crippen molar-refractivity contribution in [1.82, 2.24) is 4.90 Å². The monoisotopic (exact) mass is 353 g/mol. The van der Waals surface area contributed by atoms with Crippen molar-refractivity contribution >= 4 is 5.91 Å². The molecule has 0 aromatic heterocycles. The first-order valence-electron chi connectivity index (χ1n) is 8.98. The van der Waals surface area contributed by atoms with Gasteiger partial charge in [0.25, 0.3) is 5.91 Å². The largest absolute Gasteiger partial charge is 0.381 e. The molecule has 1 aromatic rings. The summed E-state index contributed by atoms with van der Waals surface area (Å²) < 4.78 is 39.0. The maximum absolute atomic E-state index is 14.2. The number of methoxy groups -OCH3 is 1. The van der Waals surface area contributed by atoms with Gasteiger partial charge in [-0.05, 0) is 50.2 Å². The molecule has 2 atom stereocenters. The molecule has 25 heavy (non-hydrogen) atoms. The zero-order valence-electron chi connectivity index (χ0n) is 14.5. The number of hydrogen-bond acceptors (Lipinski definition) is 3. The zero-order chi connectivity index (χ0) is 17.8. The van der Waals surface area contributed by atoms with Gasteiger partial charge in [0.05, 0.1) is 5.56 Å². The molecule has 138 valence electrons. The molecule has 0 aliphatic carbocycles. The summed E-state index contributed by atoms with van der Waals surface area (Å²) in [6.45, 7) is 2.02. The number of carbonyl (C=O) groups excluding carboxylic acids is 1. The molecule has 2 saturated heterocycles. The zero-order valence-corrected chi connectivity index (χ0v) is 14.5. The Hall–Kier alpha value is -1.53. The van der Waals surface area contributed by atoms with E-state index >= 15 is 0 Å². The summed E-state index contributed by atoms with van der Waals surface area (Å²) in [6, 6.07) is 3.70. The highest BCUT2D eigenvalue weighted by molar-refractivity contribution is 5.83. The maximum atomic E-state index is 14.2. The summed E-state index contributed by atoms with van der Waals surface area (Å²) in [7, 11) is 1.32. The average Bonchev–Trinajstić information content (AvgIpc) is 2.65. The first kappa shape index (κ1) is 18.3. The van der Waals surface area contributed by atoms with Gasteiger partial charge in [-0.3, -0.25) is 4.79 Å². The highest BCUT2D eigenvalue weighted by Crippen LogP contribution is 2.33. The van der Waals surface area contributed by atoms with Crippen LogP contribution in [0.25, 0.3) is 0 Å². The third kappa shape index (κ3) is 3.85. The molecule has 0 N–H and O–H groups in total. The van der Waals surface area contributed by atoms with Gasteiger partial charge in [0.1, 0.15) is 11.6 Å². The van der Waals surface area contributed by atoms with Gasteiger partial charge < -0.3 is 14.4 Å². The van der Waals surface area contributed by atoms with Crippen molar-refractivity contribution in [2.45, 2.75) is 44.2 Å². The van der Waals surface area contributed by atoms with Crippen molar-refractivity contribution in [1.29, 1.82) is 0 Å². The minimum Gasteiger partial charge on any atom is -0.381 e. The van der Waals surface area contributed by atoms with Crippen LogP contribution in [0.4, 0.5) is 8.78 Å². The molecular weight excluding hydrogens is 328 g/mol. The van der Waals surface area contributed by atoms with Crippen molar-refractivity contribution in [3.8, 4) is 0 Å². The van der Waals surface area contributed by atoms with Crippen LogP contribution < -0.4 is 0 Å². The van der Waals surface area contributed by atoms with Crippen LogP contribution in [0, 0.1) is 17.6 Å². The smallest absolute Gasteiger partial charge is 0.256 e. The summed E-state index contributed by atoms with van der Waals surface area (Å²) >= 11 is 0. The van der Waals surface area contributed by atoms with Crippen LogP contribution in [0.5, 0.6) is 0 Å².